The molecule has 0 spiro atoms. The third kappa shape index (κ3) is 4.44. The Balaban J connectivity index is 4.27. The first-order chi connectivity index (χ1) is 6.66. The van der Waals surface area contributed by atoms with Gasteiger partial charge in [0, 0.05) is 6.42 Å². The molecular formula is C9H15NO5. The summed E-state index contributed by atoms with van der Waals surface area (Å²) in [5.74, 6) is -2.84. The van der Waals surface area contributed by atoms with Crippen LogP contribution in [-0.4, -0.2) is 34.1 Å². The summed E-state index contributed by atoms with van der Waals surface area (Å²) in [4.78, 5) is 32.3. The standard InChI is InChI=1S/C9H15NO5/c1-5(7(12)13)10-6(11)4-9(2,3)8(14)15/h5H,4H2,1-3H3,(H,10,11)(H,12,13)(H,14,15). The van der Waals surface area contributed by atoms with Gasteiger partial charge >= 0.3 is 11.9 Å². The van der Waals surface area contributed by atoms with Crippen LogP contribution >= 0.6 is 0 Å². The van der Waals surface area contributed by atoms with Crippen LogP contribution in [0.15, 0.2) is 0 Å². The average Bonchev–Trinajstić information content (AvgIpc) is 2.01. The minimum absolute atomic E-state index is 0.250. The molecule has 0 aliphatic heterocycles. The van der Waals surface area contributed by atoms with Crippen LogP contribution in [-0.2, 0) is 14.4 Å². The molecule has 0 fully saturated rings. The van der Waals surface area contributed by atoms with Crippen LogP contribution < -0.4 is 5.32 Å². The zero-order valence-corrected chi connectivity index (χ0v) is 8.90. The van der Waals surface area contributed by atoms with Crippen LogP contribution in [0.1, 0.15) is 27.2 Å². The van der Waals surface area contributed by atoms with Gasteiger partial charge in [0.1, 0.15) is 6.04 Å². The van der Waals surface area contributed by atoms with E-state index in [-0.39, 0.29) is 6.42 Å². The predicted octanol–water partition coefficient (Wildman–Crippen LogP) is 0.0766. The van der Waals surface area contributed by atoms with E-state index < -0.39 is 29.3 Å². The first-order valence-electron chi connectivity index (χ1n) is 4.42. The maximum absolute atomic E-state index is 11.2. The number of carboxylic acids is 2. The van der Waals surface area contributed by atoms with Crippen molar-refractivity contribution in [2.45, 2.75) is 33.2 Å². The van der Waals surface area contributed by atoms with E-state index in [1.807, 2.05) is 0 Å². The summed E-state index contributed by atoms with van der Waals surface area (Å²) >= 11 is 0. The number of nitrogens with one attached hydrogen (secondary N) is 1. The van der Waals surface area contributed by atoms with Crippen molar-refractivity contribution in [1.82, 2.24) is 5.32 Å². The lowest BCUT2D eigenvalue weighted by Crippen LogP contribution is -2.41. The normalized spacial score (nSPS) is 13.0. The minimum atomic E-state index is -1.19. The smallest absolute Gasteiger partial charge is 0.325 e. The van der Waals surface area contributed by atoms with Crippen molar-refractivity contribution in [3.8, 4) is 0 Å². The lowest BCUT2D eigenvalue weighted by molar-refractivity contribution is -0.150. The Kier molecular flexibility index (Phi) is 4.26. The number of rotatable bonds is 5. The molecule has 0 aromatic heterocycles. The third-order valence-corrected chi connectivity index (χ3v) is 1.93. The second-order valence-corrected chi connectivity index (χ2v) is 3.99. The fourth-order valence-corrected chi connectivity index (χ4v) is 0.831. The summed E-state index contributed by atoms with van der Waals surface area (Å²) in [6.07, 6.45) is -0.250. The van der Waals surface area contributed by atoms with Crippen molar-refractivity contribution in [1.29, 1.82) is 0 Å². The molecule has 1 unspecified atom stereocenters. The topological polar surface area (TPSA) is 104 Å². The molecule has 6 nitrogen and oxygen atoms in total. The summed E-state index contributed by atoms with van der Waals surface area (Å²) in [7, 11) is 0. The van der Waals surface area contributed by atoms with E-state index in [1.165, 1.54) is 20.8 Å². The summed E-state index contributed by atoms with van der Waals surface area (Å²) in [5.41, 5.74) is -1.19. The van der Waals surface area contributed by atoms with Crippen LogP contribution in [0.25, 0.3) is 0 Å². The van der Waals surface area contributed by atoms with Gasteiger partial charge in [-0.05, 0) is 20.8 Å². The molecule has 15 heavy (non-hydrogen) atoms. The number of hydrogen-bond donors (Lipinski definition) is 3. The van der Waals surface area contributed by atoms with Crippen LogP contribution in [0, 0.1) is 5.41 Å². The van der Waals surface area contributed by atoms with Crippen molar-refractivity contribution in [3.05, 3.63) is 0 Å². The fourth-order valence-electron chi connectivity index (χ4n) is 0.831. The van der Waals surface area contributed by atoms with Gasteiger partial charge in [0.2, 0.25) is 5.91 Å². The number of carboxylic acid groups (broad SMARTS) is 2. The van der Waals surface area contributed by atoms with Gasteiger partial charge in [-0.15, -0.1) is 0 Å². The minimum Gasteiger partial charge on any atom is -0.481 e. The molecule has 1 amide bonds. The largest absolute Gasteiger partial charge is 0.481 e. The lowest BCUT2D eigenvalue weighted by Gasteiger charge is -2.19. The number of amides is 1. The van der Waals surface area contributed by atoms with Gasteiger partial charge < -0.3 is 15.5 Å². The second-order valence-electron chi connectivity index (χ2n) is 3.99. The molecule has 86 valence electrons. The van der Waals surface area contributed by atoms with Gasteiger partial charge in [-0.3, -0.25) is 14.4 Å². The number of carbonyl (C=O) groups excluding carboxylic acids is 1. The Hall–Kier alpha value is -1.59. The Morgan fingerprint density at radius 1 is 1.27 bits per heavy atom. The first-order valence-corrected chi connectivity index (χ1v) is 4.42. The second kappa shape index (κ2) is 4.77. The van der Waals surface area contributed by atoms with E-state index >= 15 is 0 Å². The van der Waals surface area contributed by atoms with Crippen LogP contribution in [0.5, 0.6) is 0 Å². The van der Waals surface area contributed by atoms with Gasteiger partial charge in [-0.2, -0.15) is 0 Å². The first kappa shape index (κ1) is 13.4. The number of hydrogen-bond acceptors (Lipinski definition) is 3. The SMILES string of the molecule is CC(NC(=O)CC(C)(C)C(=O)O)C(=O)O. The van der Waals surface area contributed by atoms with E-state index in [1.54, 1.807) is 0 Å². The Bertz CT molecular complexity index is 284. The summed E-state index contributed by atoms with van der Waals surface area (Å²) in [6, 6.07) is -1.01. The van der Waals surface area contributed by atoms with Gasteiger partial charge in [0.25, 0.3) is 0 Å². The van der Waals surface area contributed by atoms with E-state index in [9.17, 15) is 14.4 Å². The number of carbonyl (C=O) groups is 3. The zero-order chi connectivity index (χ0) is 12.2. The third-order valence-electron chi connectivity index (χ3n) is 1.93. The van der Waals surface area contributed by atoms with E-state index in [4.69, 9.17) is 10.2 Å². The Morgan fingerprint density at radius 3 is 2.07 bits per heavy atom. The van der Waals surface area contributed by atoms with Crippen molar-refractivity contribution >= 4 is 17.8 Å². The Labute approximate surface area is 87.3 Å². The summed E-state index contributed by atoms with van der Waals surface area (Å²) in [5, 5.41) is 19.4. The van der Waals surface area contributed by atoms with Gasteiger partial charge in [0.05, 0.1) is 5.41 Å². The van der Waals surface area contributed by atoms with Crippen molar-refractivity contribution < 1.29 is 24.6 Å². The van der Waals surface area contributed by atoms with Gasteiger partial charge in [-0.1, -0.05) is 0 Å². The average molecular weight is 217 g/mol. The molecule has 0 heterocycles. The van der Waals surface area contributed by atoms with Crippen LogP contribution in [0.3, 0.4) is 0 Å². The molecule has 0 aromatic carbocycles. The molecule has 3 N–H and O–H groups in total. The summed E-state index contributed by atoms with van der Waals surface area (Å²) < 4.78 is 0. The van der Waals surface area contributed by atoms with E-state index in [2.05, 4.69) is 5.32 Å². The highest BCUT2D eigenvalue weighted by atomic mass is 16.4. The molecule has 0 saturated carbocycles. The van der Waals surface area contributed by atoms with Crippen LogP contribution in [0.4, 0.5) is 0 Å². The van der Waals surface area contributed by atoms with Gasteiger partial charge in [-0.25, -0.2) is 0 Å². The molecule has 0 aliphatic carbocycles. The number of aliphatic carboxylic acids is 2. The highest BCUT2D eigenvalue weighted by Crippen LogP contribution is 2.19. The zero-order valence-electron chi connectivity index (χ0n) is 8.90. The monoisotopic (exact) mass is 217 g/mol. The Morgan fingerprint density at radius 2 is 1.73 bits per heavy atom. The van der Waals surface area contributed by atoms with E-state index in [0.717, 1.165) is 0 Å². The summed E-state index contributed by atoms with van der Waals surface area (Å²) in [6.45, 7) is 4.12. The molecular weight excluding hydrogens is 202 g/mol. The molecule has 0 bridgehead atoms. The molecule has 0 radical (unpaired) electrons. The van der Waals surface area contributed by atoms with Crippen molar-refractivity contribution in [2.75, 3.05) is 0 Å². The van der Waals surface area contributed by atoms with Crippen LogP contribution in [0.2, 0.25) is 0 Å². The highest BCUT2D eigenvalue weighted by molar-refractivity contribution is 5.87. The highest BCUT2D eigenvalue weighted by Gasteiger charge is 2.30. The van der Waals surface area contributed by atoms with Gasteiger partial charge in [0.15, 0.2) is 0 Å². The quantitative estimate of drug-likeness (QED) is 0.604. The van der Waals surface area contributed by atoms with Crippen molar-refractivity contribution in [2.24, 2.45) is 5.41 Å². The predicted molar refractivity (Wildman–Crippen MR) is 51.3 cm³/mol. The molecule has 0 saturated heterocycles. The maximum Gasteiger partial charge on any atom is 0.325 e. The lowest BCUT2D eigenvalue weighted by atomic mass is 9.89. The molecule has 0 aliphatic rings. The fraction of sp³-hybridized carbons (Fsp3) is 0.667. The van der Waals surface area contributed by atoms with Crippen molar-refractivity contribution in [3.63, 3.8) is 0 Å². The molecule has 0 aromatic rings. The van der Waals surface area contributed by atoms with E-state index in [0.29, 0.717) is 0 Å². The maximum atomic E-state index is 11.2. The molecule has 1 atom stereocenters. The molecule has 0 rings (SSSR count). The molecule has 6 heteroatoms.